The predicted octanol–water partition coefficient (Wildman–Crippen LogP) is 3.76. The van der Waals surface area contributed by atoms with Gasteiger partial charge < -0.3 is 19.6 Å². The molecule has 7 heteroatoms. The Kier molecular flexibility index (Phi) is 5.90. The van der Waals surface area contributed by atoms with E-state index in [4.69, 9.17) is 4.74 Å². The standard InChI is InChI=1S/C24H25BrN2O4/c1-14-11-17-12-16(7-8-19(17)31-14)22(28)20-21(15-5-4-6-18(25)13-15)27(10-9-26(2)3)24(30)23(20)29/h4-8,12-14,21,28H,9-11H2,1-3H3. The molecule has 2 unspecified atom stereocenters. The maximum absolute atomic E-state index is 13.1. The Morgan fingerprint density at radius 1 is 1.23 bits per heavy atom. The number of nitrogens with zero attached hydrogens (tertiary/aromatic N) is 2. The lowest BCUT2D eigenvalue weighted by molar-refractivity contribution is -0.140. The molecule has 0 spiro atoms. The summed E-state index contributed by atoms with van der Waals surface area (Å²) in [5.41, 5.74) is 2.39. The Hall–Kier alpha value is -2.64. The third-order valence-corrected chi connectivity index (χ3v) is 6.16. The van der Waals surface area contributed by atoms with Crippen LogP contribution in [-0.4, -0.2) is 59.9 Å². The van der Waals surface area contributed by atoms with E-state index < -0.39 is 17.7 Å². The number of halogens is 1. The van der Waals surface area contributed by atoms with Crippen molar-refractivity contribution in [1.29, 1.82) is 0 Å². The van der Waals surface area contributed by atoms with E-state index in [1.165, 1.54) is 0 Å². The van der Waals surface area contributed by atoms with E-state index in [1.54, 1.807) is 11.0 Å². The van der Waals surface area contributed by atoms with Gasteiger partial charge in [0.25, 0.3) is 11.7 Å². The Balaban J connectivity index is 1.82. The van der Waals surface area contributed by atoms with Crippen molar-refractivity contribution in [3.63, 3.8) is 0 Å². The van der Waals surface area contributed by atoms with Gasteiger partial charge in [0.05, 0.1) is 11.6 Å². The third-order valence-electron chi connectivity index (χ3n) is 5.66. The minimum absolute atomic E-state index is 0.0747. The first-order chi connectivity index (χ1) is 14.8. The van der Waals surface area contributed by atoms with Gasteiger partial charge in [0, 0.05) is 29.5 Å². The number of likely N-dealkylation sites (tertiary alicyclic amines) is 1. The molecule has 1 fully saturated rings. The number of Topliss-reactive ketones (excluding diaryl/α,β-unsaturated/α-hetero) is 1. The molecule has 0 radical (unpaired) electrons. The fourth-order valence-electron chi connectivity index (χ4n) is 4.17. The molecule has 2 aliphatic heterocycles. The molecule has 0 bridgehead atoms. The summed E-state index contributed by atoms with van der Waals surface area (Å²) in [5.74, 6) is -0.616. The molecule has 6 nitrogen and oxygen atoms in total. The predicted molar refractivity (Wildman–Crippen MR) is 122 cm³/mol. The summed E-state index contributed by atoms with van der Waals surface area (Å²) in [5, 5.41) is 11.2. The number of benzene rings is 2. The SMILES string of the molecule is CC1Cc2cc(C(O)=C3C(=O)C(=O)N(CCN(C)C)C3c3cccc(Br)c3)ccc2O1. The van der Waals surface area contributed by atoms with Crippen molar-refractivity contribution in [3.05, 3.63) is 69.2 Å². The van der Waals surface area contributed by atoms with E-state index in [0.29, 0.717) is 18.7 Å². The van der Waals surface area contributed by atoms with Crippen LogP contribution in [0.25, 0.3) is 5.76 Å². The molecule has 1 N–H and O–H groups in total. The lowest BCUT2D eigenvalue weighted by Gasteiger charge is -2.26. The molecule has 2 atom stereocenters. The fraction of sp³-hybridized carbons (Fsp3) is 0.333. The number of carbonyl (C=O) groups excluding carboxylic acids is 2. The Labute approximate surface area is 190 Å². The number of ether oxygens (including phenoxy) is 1. The summed E-state index contributed by atoms with van der Waals surface area (Å²) in [7, 11) is 3.83. The number of hydrogen-bond donors (Lipinski definition) is 1. The quantitative estimate of drug-likeness (QED) is 0.397. The molecule has 2 aromatic rings. The monoisotopic (exact) mass is 484 g/mol. The Bertz CT molecular complexity index is 1080. The number of likely N-dealkylation sites (N-methyl/N-ethyl adjacent to an activating group) is 1. The van der Waals surface area contributed by atoms with Crippen LogP contribution in [0.2, 0.25) is 0 Å². The highest BCUT2D eigenvalue weighted by atomic mass is 79.9. The van der Waals surface area contributed by atoms with Crippen molar-refractivity contribution in [1.82, 2.24) is 9.80 Å². The zero-order valence-corrected chi connectivity index (χ0v) is 19.3. The van der Waals surface area contributed by atoms with Gasteiger partial charge in [0.15, 0.2) is 0 Å². The van der Waals surface area contributed by atoms with E-state index in [-0.39, 0.29) is 17.4 Å². The number of ketones is 1. The van der Waals surface area contributed by atoms with E-state index in [2.05, 4.69) is 15.9 Å². The van der Waals surface area contributed by atoms with Crippen LogP contribution in [0, 0.1) is 0 Å². The number of carbonyl (C=O) groups is 2. The molecule has 1 saturated heterocycles. The summed E-state index contributed by atoms with van der Waals surface area (Å²) >= 11 is 3.47. The fourth-order valence-corrected chi connectivity index (χ4v) is 4.58. The van der Waals surface area contributed by atoms with Crippen molar-refractivity contribution in [2.75, 3.05) is 27.2 Å². The molecule has 2 aliphatic rings. The number of aliphatic hydroxyl groups excluding tert-OH is 1. The smallest absolute Gasteiger partial charge is 0.295 e. The van der Waals surface area contributed by atoms with Gasteiger partial charge in [0.2, 0.25) is 0 Å². The van der Waals surface area contributed by atoms with Crippen LogP contribution >= 0.6 is 15.9 Å². The summed E-state index contributed by atoms with van der Waals surface area (Å²) in [6.07, 6.45) is 0.813. The highest BCUT2D eigenvalue weighted by Crippen LogP contribution is 2.41. The number of amides is 1. The van der Waals surface area contributed by atoms with Gasteiger partial charge in [-0.05, 0) is 62.5 Å². The number of aliphatic hydroxyl groups is 1. The lowest BCUT2D eigenvalue weighted by atomic mass is 9.94. The maximum atomic E-state index is 13.1. The van der Waals surface area contributed by atoms with E-state index in [0.717, 1.165) is 27.8 Å². The molecule has 2 heterocycles. The average molecular weight is 485 g/mol. The maximum Gasteiger partial charge on any atom is 0.295 e. The van der Waals surface area contributed by atoms with Crippen LogP contribution in [0.4, 0.5) is 0 Å². The van der Waals surface area contributed by atoms with Crippen molar-refractivity contribution < 1.29 is 19.4 Å². The largest absolute Gasteiger partial charge is 0.507 e. The van der Waals surface area contributed by atoms with Gasteiger partial charge in [-0.2, -0.15) is 0 Å². The molecule has 0 aromatic heterocycles. The molecule has 2 aromatic carbocycles. The summed E-state index contributed by atoms with van der Waals surface area (Å²) in [6, 6.07) is 12.2. The molecule has 0 aliphatic carbocycles. The molecule has 31 heavy (non-hydrogen) atoms. The molecular weight excluding hydrogens is 460 g/mol. The first-order valence-corrected chi connectivity index (χ1v) is 11.0. The first kappa shape index (κ1) is 21.6. The average Bonchev–Trinajstić information content (AvgIpc) is 3.22. The van der Waals surface area contributed by atoms with Crippen LogP contribution in [0.15, 0.2) is 52.5 Å². The first-order valence-electron chi connectivity index (χ1n) is 10.2. The van der Waals surface area contributed by atoms with Gasteiger partial charge in [-0.3, -0.25) is 9.59 Å². The second-order valence-electron chi connectivity index (χ2n) is 8.31. The second kappa shape index (κ2) is 8.48. The van der Waals surface area contributed by atoms with Crippen LogP contribution in [0.1, 0.15) is 29.7 Å². The van der Waals surface area contributed by atoms with Gasteiger partial charge >= 0.3 is 0 Å². The van der Waals surface area contributed by atoms with Crippen LogP contribution in [0.5, 0.6) is 5.75 Å². The van der Waals surface area contributed by atoms with E-state index in [9.17, 15) is 14.7 Å². The molecule has 4 rings (SSSR count). The Morgan fingerprint density at radius 3 is 2.71 bits per heavy atom. The molecule has 162 valence electrons. The van der Waals surface area contributed by atoms with Crippen LogP contribution in [0.3, 0.4) is 0 Å². The van der Waals surface area contributed by atoms with E-state index in [1.807, 2.05) is 62.3 Å². The van der Waals surface area contributed by atoms with Crippen molar-refractivity contribution >= 4 is 33.4 Å². The summed E-state index contributed by atoms with van der Waals surface area (Å²) < 4.78 is 6.58. The van der Waals surface area contributed by atoms with Crippen LogP contribution < -0.4 is 4.74 Å². The molecule has 0 saturated carbocycles. The topological polar surface area (TPSA) is 70.1 Å². The normalized spacial score (nSPS) is 22.2. The van der Waals surface area contributed by atoms with E-state index >= 15 is 0 Å². The van der Waals surface area contributed by atoms with Gasteiger partial charge in [-0.1, -0.05) is 28.1 Å². The van der Waals surface area contributed by atoms with Crippen molar-refractivity contribution in [3.8, 4) is 5.75 Å². The number of hydrogen-bond acceptors (Lipinski definition) is 5. The van der Waals surface area contributed by atoms with Gasteiger partial charge in [-0.25, -0.2) is 0 Å². The number of rotatable bonds is 5. The zero-order valence-electron chi connectivity index (χ0n) is 17.8. The van der Waals surface area contributed by atoms with Gasteiger partial charge in [-0.15, -0.1) is 0 Å². The summed E-state index contributed by atoms with van der Waals surface area (Å²) in [4.78, 5) is 29.5. The Morgan fingerprint density at radius 2 is 2.00 bits per heavy atom. The van der Waals surface area contributed by atoms with Gasteiger partial charge in [0.1, 0.15) is 17.6 Å². The van der Waals surface area contributed by atoms with Crippen LogP contribution in [-0.2, 0) is 16.0 Å². The molecular formula is C24H25BrN2O4. The highest BCUT2D eigenvalue weighted by Gasteiger charge is 2.46. The van der Waals surface area contributed by atoms with Crippen molar-refractivity contribution in [2.24, 2.45) is 0 Å². The lowest BCUT2D eigenvalue weighted by Crippen LogP contribution is -2.35. The molecule has 1 amide bonds. The third kappa shape index (κ3) is 4.12. The summed E-state index contributed by atoms with van der Waals surface area (Å²) in [6.45, 7) is 2.97. The second-order valence-corrected chi connectivity index (χ2v) is 9.22. The highest BCUT2D eigenvalue weighted by molar-refractivity contribution is 9.10. The number of fused-ring (bicyclic) bond motifs is 1. The minimum Gasteiger partial charge on any atom is -0.507 e. The minimum atomic E-state index is -0.661. The zero-order chi connectivity index (χ0) is 22.3. The van der Waals surface area contributed by atoms with Crippen molar-refractivity contribution in [2.45, 2.75) is 25.5 Å².